The van der Waals surface area contributed by atoms with E-state index in [4.69, 9.17) is 9.47 Å². The molecule has 3 heterocycles. The van der Waals surface area contributed by atoms with Crippen molar-refractivity contribution >= 4 is 62.0 Å². The van der Waals surface area contributed by atoms with Crippen molar-refractivity contribution in [3.63, 3.8) is 0 Å². The molecule has 0 aliphatic carbocycles. The lowest BCUT2D eigenvalue weighted by Gasteiger charge is -2.42. The summed E-state index contributed by atoms with van der Waals surface area (Å²) in [5.74, 6) is -0.944. The van der Waals surface area contributed by atoms with E-state index in [0.717, 1.165) is 15.9 Å². The van der Waals surface area contributed by atoms with Crippen molar-refractivity contribution < 1.29 is 37.0 Å². The number of benzene rings is 3. The van der Waals surface area contributed by atoms with Gasteiger partial charge in [0.1, 0.15) is 22.2 Å². The molecular formula is C41H44BrF3N2O7SSi. The van der Waals surface area contributed by atoms with E-state index in [2.05, 4.69) is 20.7 Å². The lowest BCUT2D eigenvalue weighted by atomic mass is 9.91. The molecule has 1 N–H and O–H groups in total. The zero-order chi connectivity index (χ0) is 40.6. The predicted molar refractivity (Wildman–Crippen MR) is 217 cm³/mol. The monoisotopic (exact) mass is 872 g/mol. The van der Waals surface area contributed by atoms with Crippen molar-refractivity contribution in [1.29, 1.82) is 0 Å². The maximum atomic E-state index is 14.9. The average molecular weight is 874 g/mol. The first-order chi connectivity index (χ1) is 26.4. The van der Waals surface area contributed by atoms with Gasteiger partial charge in [0.05, 0.1) is 21.8 Å². The highest BCUT2D eigenvalue weighted by atomic mass is 79.9. The summed E-state index contributed by atoms with van der Waals surface area (Å²) in [6, 6.07) is 24.1. The number of nitrogens with zero attached hydrogens (tertiary/aromatic N) is 2. The molecule has 15 heteroatoms. The Morgan fingerprint density at radius 2 is 1.50 bits per heavy atom. The van der Waals surface area contributed by atoms with Crippen molar-refractivity contribution in [3.05, 3.63) is 121 Å². The van der Waals surface area contributed by atoms with Crippen molar-refractivity contribution in [2.45, 2.75) is 89.6 Å². The number of carbonyl (C=O) groups excluding carboxylic acids is 1. The second-order valence-electron chi connectivity index (χ2n) is 15.2. The smallest absolute Gasteiger partial charge is 0.424 e. The molecule has 3 aromatic carbocycles. The minimum Gasteiger partial charge on any atom is -0.424 e. The van der Waals surface area contributed by atoms with Gasteiger partial charge >= 0.3 is 12.1 Å². The van der Waals surface area contributed by atoms with Crippen LogP contribution in [0.25, 0.3) is 10.2 Å². The molecule has 1 aliphatic rings. The molecule has 1 atom stereocenters. The molecule has 1 fully saturated rings. The van der Waals surface area contributed by atoms with Crippen LogP contribution < -0.4 is 26.4 Å². The van der Waals surface area contributed by atoms with E-state index < -0.39 is 60.2 Å². The highest BCUT2D eigenvalue weighted by molar-refractivity contribution is 9.11. The van der Waals surface area contributed by atoms with Crippen LogP contribution in [0.1, 0.15) is 64.2 Å². The zero-order valence-corrected chi connectivity index (χ0v) is 35.1. The maximum Gasteiger partial charge on any atom is 0.573 e. The number of halogens is 4. The first-order valence-corrected chi connectivity index (χ1v) is 21.8. The number of Topliss-reactive ketones (excluding diaryl/α,β-unsaturated/α-hetero) is 1. The van der Waals surface area contributed by atoms with Gasteiger partial charge in [-0.1, -0.05) is 92.7 Å². The molecular weight excluding hydrogens is 830 g/mol. The molecule has 0 bridgehead atoms. The minimum atomic E-state index is -5.00. The number of ketones is 1. The summed E-state index contributed by atoms with van der Waals surface area (Å²) in [5, 5.41) is 0.549. The second-order valence-corrected chi connectivity index (χ2v) is 21.5. The Hall–Kier alpha value is -3.86. The fourth-order valence-electron chi connectivity index (χ4n) is 7.54. The van der Waals surface area contributed by atoms with Crippen LogP contribution in [-0.2, 0) is 26.4 Å². The van der Waals surface area contributed by atoms with E-state index in [9.17, 15) is 32.4 Å². The van der Waals surface area contributed by atoms with E-state index in [1.54, 1.807) is 13.0 Å². The largest absolute Gasteiger partial charge is 0.573 e. The Bertz CT molecular complexity index is 2280. The van der Waals surface area contributed by atoms with Crippen LogP contribution in [0.3, 0.4) is 0 Å². The first-order valence-electron chi connectivity index (χ1n) is 18.3. The molecule has 9 nitrogen and oxygen atoms in total. The van der Waals surface area contributed by atoms with Gasteiger partial charge in [-0.15, -0.1) is 24.5 Å². The number of ether oxygens (including phenoxy) is 3. The fourth-order valence-corrected chi connectivity index (χ4v) is 12.9. The Morgan fingerprint density at radius 1 is 0.946 bits per heavy atom. The van der Waals surface area contributed by atoms with Crippen LogP contribution >= 0.6 is 27.3 Å². The Morgan fingerprint density at radius 3 is 2.07 bits per heavy atom. The molecule has 6 rings (SSSR count). The number of aromatic nitrogens is 2. The lowest BCUT2D eigenvalue weighted by molar-refractivity contribution is -0.275. The third-order valence-corrected chi connectivity index (χ3v) is 17.4. The SMILES string of the molecule is Cc1c(Br)sc2c1c(=O)n(C(C)(C)C(=O)CC(C)(C)[Si](O)(c1ccccc1)c1ccccc1)c(=O)n2CC(OC1CCOCC1)c1ccccc1OC(F)(F)F. The number of aryl methyl sites for hydroxylation is 1. The molecule has 0 amide bonds. The Labute approximate surface area is 335 Å². The summed E-state index contributed by atoms with van der Waals surface area (Å²) in [4.78, 5) is 57.2. The van der Waals surface area contributed by atoms with E-state index >= 15 is 0 Å². The third-order valence-electron chi connectivity index (χ3n) is 10.7. The fraction of sp³-hybridized carbons (Fsp3) is 0.390. The van der Waals surface area contributed by atoms with Crippen molar-refractivity contribution in [2.24, 2.45) is 0 Å². The Kier molecular flexibility index (Phi) is 12.1. The van der Waals surface area contributed by atoms with Gasteiger partial charge in [0.15, 0.2) is 5.78 Å². The number of hydrogen-bond donors (Lipinski definition) is 1. The number of carbonyl (C=O) groups is 1. The highest BCUT2D eigenvalue weighted by Gasteiger charge is 2.52. The summed E-state index contributed by atoms with van der Waals surface area (Å²) < 4.78 is 60.2. The van der Waals surface area contributed by atoms with Crippen molar-refractivity contribution in [1.82, 2.24) is 9.13 Å². The topological polar surface area (TPSA) is 109 Å². The number of alkyl halides is 3. The molecule has 1 aliphatic heterocycles. The maximum absolute atomic E-state index is 14.9. The average Bonchev–Trinajstić information content (AvgIpc) is 3.46. The minimum absolute atomic E-state index is 0.0598. The van der Waals surface area contributed by atoms with Gasteiger partial charge in [0, 0.05) is 25.2 Å². The molecule has 0 spiro atoms. The summed E-state index contributed by atoms with van der Waals surface area (Å²) in [6.07, 6.45) is -5.78. The quantitative estimate of drug-likeness (QED) is 0.123. The van der Waals surface area contributed by atoms with Crippen LogP contribution in [0, 0.1) is 6.92 Å². The molecule has 2 aromatic heterocycles. The zero-order valence-electron chi connectivity index (χ0n) is 31.7. The third kappa shape index (κ3) is 8.11. The van der Waals surface area contributed by atoms with Crippen LogP contribution in [0.5, 0.6) is 5.75 Å². The van der Waals surface area contributed by atoms with Gasteiger partial charge in [-0.05, 0) is 76.6 Å². The number of hydrogen-bond acceptors (Lipinski definition) is 8. The van der Waals surface area contributed by atoms with Gasteiger partial charge in [-0.2, -0.15) is 0 Å². The molecule has 298 valence electrons. The normalized spacial score (nSPS) is 15.2. The van der Waals surface area contributed by atoms with Crippen LogP contribution in [0.4, 0.5) is 13.2 Å². The molecule has 1 unspecified atom stereocenters. The number of fused-ring (bicyclic) bond motifs is 1. The van der Waals surface area contributed by atoms with E-state index in [-0.39, 0.29) is 28.7 Å². The number of rotatable bonds is 13. The van der Waals surface area contributed by atoms with Gasteiger partial charge in [-0.25, -0.2) is 9.36 Å². The van der Waals surface area contributed by atoms with Crippen LogP contribution in [-0.4, -0.2) is 53.7 Å². The van der Waals surface area contributed by atoms with Gasteiger partial charge in [0.2, 0.25) is 0 Å². The molecule has 56 heavy (non-hydrogen) atoms. The first kappa shape index (κ1) is 41.8. The summed E-state index contributed by atoms with van der Waals surface area (Å²) in [7, 11) is -3.68. The van der Waals surface area contributed by atoms with Gasteiger partial charge in [-0.3, -0.25) is 14.2 Å². The number of thiophene rings is 1. The summed E-state index contributed by atoms with van der Waals surface area (Å²) in [5.41, 5.74) is -2.65. The summed E-state index contributed by atoms with van der Waals surface area (Å²) >= 11 is 4.66. The van der Waals surface area contributed by atoms with Crippen molar-refractivity contribution in [3.8, 4) is 5.75 Å². The van der Waals surface area contributed by atoms with Crippen LogP contribution in [0.2, 0.25) is 5.04 Å². The molecule has 0 saturated carbocycles. The predicted octanol–water partition coefficient (Wildman–Crippen LogP) is 7.36. The highest BCUT2D eigenvalue weighted by Crippen LogP contribution is 2.42. The molecule has 5 aromatic rings. The summed E-state index contributed by atoms with van der Waals surface area (Å²) in [6.45, 7) is 8.88. The molecule has 0 radical (unpaired) electrons. The van der Waals surface area contributed by atoms with Crippen molar-refractivity contribution in [2.75, 3.05) is 13.2 Å². The molecule has 1 saturated heterocycles. The van der Waals surface area contributed by atoms with E-state index in [1.807, 2.05) is 74.5 Å². The Balaban J connectivity index is 1.48. The van der Waals surface area contributed by atoms with Gasteiger partial charge in [0.25, 0.3) is 13.9 Å². The lowest BCUT2D eigenvalue weighted by Crippen LogP contribution is -2.66. The van der Waals surface area contributed by atoms with E-state index in [0.29, 0.717) is 45.8 Å². The number of para-hydroxylation sites is 1. The second kappa shape index (κ2) is 16.2. The van der Waals surface area contributed by atoms with Crippen LogP contribution in [0.15, 0.2) is 98.3 Å². The van der Waals surface area contributed by atoms with E-state index in [1.165, 1.54) is 36.6 Å². The van der Waals surface area contributed by atoms with Gasteiger partial charge < -0.3 is 19.0 Å². The standard InChI is InChI=1S/C41H44BrF3N2O7SSi/c1-26-34-36(49)47(40(4,5)33(48)24-39(2,3)56(51,28-14-8-6-9-15-28)29-16-10-7-11-17-29)38(50)46(37(34)55-35(26)42)25-32(53-27-20-22-52-23-21-27)30-18-12-13-19-31(30)54-41(43,44)45/h6-19,27,32,51H,20-25H2,1-5H3.